The molecule has 1 unspecified atom stereocenters. The molecule has 360 valence electrons. The van der Waals surface area contributed by atoms with Crippen molar-refractivity contribution in [2.24, 2.45) is 17.3 Å². The first-order valence-electron chi connectivity index (χ1n) is 23.4. The van der Waals surface area contributed by atoms with Crippen LogP contribution in [0.3, 0.4) is 0 Å². The highest BCUT2D eigenvalue weighted by molar-refractivity contribution is 8.00. The number of pyridine rings is 1. The molecule has 0 spiro atoms. The van der Waals surface area contributed by atoms with Gasteiger partial charge in [0.15, 0.2) is 0 Å². The molecular formula is C51H59ClN6O8S2. The van der Waals surface area contributed by atoms with Crippen LogP contribution in [-0.4, -0.2) is 95.0 Å². The van der Waals surface area contributed by atoms with Gasteiger partial charge in [-0.15, -0.1) is 0 Å². The molecule has 2 aliphatic heterocycles. The lowest BCUT2D eigenvalue weighted by atomic mass is 9.72. The minimum Gasteiger partial charge on any atom is -0.493 e. The number of benzene rings is 3. The molecule has 68 heavy (non-hydrogen) atoms. The third kappa shape index (κ3) is 10.7. The zero-order chi connectivity index (χ0) is 48.0. The number of carbonyl (C=O) groups excluding carboxylic acids is 1. The summed E-state index contributed by atoms with van der Waals surface area (Å²) in [5, 5.41) is 14.1. The van der Waals surface area contributed by atoms with Gasteiger partial charge in [-0.25, -0.2) is 18.1 Å². The van der Waals surface area contributed by atoms with Gasteiger partial charge in [-0.1, -0.05) is 43.2 Å². The van der Waals surface area contributed by atoms with E-state index in [0.29, 0.717) is 42.4 Å². The number of piperazine rings is 1. The maximum Gasteiger partial charge on any atom is 0.277 e. The van der Waals surface area contributed by atoms with Crippen molar-refractivity contribution < 1.29 is 31.8 Å². The highest BCUT2D eigenvalue weighted by atomic mass is 35.5. The number of amides is 1. The van der Waals surface area contributed by atoms with Crippen molar-refractivity contribution in [3.63, 3.8) is 0 Å². The summed E-state index contributed by atoms with van der Waals surface area (Å²) in [6, 6.07) is 19.1. The largest absolute Gasteiger partial charge is 0.493 e. The van der Waals surface area contributed by atoms with E-state index in [-0.39, 0.29) is 45.9 Å². The van der Waals surface area contributed by atoms with Crippen LogP contribution in [0.15, 0.2) is 89.6 Å². The summed E-state index contributed by atoms with van der Waals surface area (Å²) >= 11 is 6.26. The lowest BCUT2D eigenvalue weighted by Gasteiger charge is -2.39. The third-order valence-corrected chi connectivity index (χ3v) is 17.8. The highest BCUT2D eigenvalue weighted by Crippen LogP contribution is 2.44. The fourth-order valence-electron chi connectivity index (χ4n) is 10.5. The van der Waals surface area contributed by atoms with Crippen LogP contribution < -0.4 is 19.1 Å². The van der Waals surface area contributed by atoms with Crippen LogP contribution >= 0.6 is 11.6 Å². The van der Waals surface area contributed by atoms with Gasteiger partial charge in [-0.2, -0.15) is 0 Å². The molecule has 0 radical (unpaired) electrons. The zero-order valence-corrected chi connectivity index (χ0v) is 41.2. The van der Waals surface area contributed by atoms with E-state index in [1.165, 1.54) is 29.0 Å². The summed E-state index contributed by atoms with van der Waals surface area (Å²) in [5.74, 6) is 3.84. The van der Waals surface area contributed by atoms with Crippen LogP contribution in [0, 0.1) is 27.4 Å². The molecule has 2 atom stereocenters. The lowest BCUT2D eigenvalue weighted by Crippen LogP contribution is -2.47. The number of sulfonamides is 1. The number of nitro benzene ring substituents is 1. The van der Waals surface area contributed by atoms with Crippen molar-refractivity contribution in [1.29, 1.82) is 0 Å². The molecule has 2 aromatic heterocycles. The molecule has 4 aliphatic rings. The highest BCUT2D eigenvalue weighted by Gasteiger charge is 2.35. The Kier molecular flexibility index (Phi) is 13.4. The minimum atomic E-state index is -4.65. The number of H-pyrrole nitrogens is 1. The van der Waals surface area contributed by atoms with Crippen LogP contribution in [0.25, 0.3) is 16.6 Å². The smallest absolute Gasteiger partial charge is 0.277 e. The molecule has 14 nitrogen and oxygen atoms in total. The number of allylic oxidation sites excluding steroid dienone is 1. The second-order valence-corrected chi connectivity index (χ2v) is 24.9. The first-order valence-corrected chi connectivity index (χ1v) is 27.4. The predicted molar refractivity (Wildman–Crippen MR) is 269 cm³/mol. The molecule has 2 aliphatic carbocycles. The van der Waals surface area contributed by atoms with Crippen LogP contribution in [0.1, 0.15) is 86.7 Å². The second-order valence-electron chi connectivity index (χ2n) is 20.0. The topological polar surface area (TPSA) is 177 Å². The van der Waals surface area contributed by atoms with Gasteiger partial charge >= 0.3 is 0 Å². The first kappa shape index (κ1) is 47.6. The van der Waals surface area contributed by atoms with E-state index >= 15 is 0 Å². The molecule has 2 N–H and O–H groups in total. The number of carbonyl (C=O) groups is 1. The van der Waals surface area contributed by atoms with Gasteiger partial charge in [0.05, 0.1) is 33.7 Å². The van der Waals surface area contributed by atoms with E-state index in [2.05, 4.69) is 56.3 Å². The Morgan fingerprint density at radius 3 is 2.49 bits per heavy atom. The fourth-order valence-corrected chi connectivity index (χ4v) is 12.9. The van der Waals surface area contributed by atoms with Crippen LogP contribution in [-0.2, 0) is 26.0 Å². The van der Waals surface area contributed by atoms with E-state index in [0.717, 1.165) is 93.2 Å². The van der Waals surface area contributed by atoms with Gasteiger partial charge in [-0.05, 0) is 138 Å². The molecule has 9 rings (SSSR count). The van der Waals surface area contributed by atoms with E-state index < -0.39 is 35.3 Å². The number of hydrogen-bond acceptors (Lipinski definition) is 11. The number of hydrogen-bond donors (Lipinski definition) is 2. The number of nitrogens with zero attached hydrogens (tertiary/aromatic N) is 4. The van der Waals surface area contributed by atoms with Crippen LogP contribution in [0.4, 0.5) is 11.4 Å². The number of aromatic amines is 1. The number of rotatable bonds is 13. The predicted octanol–water partition coefficient (Wildman–Crippen LogP) is 9.67. The van der Waals surface area contributed by atoms with E-state index in [1.54, 1.807) is 36.7 Å². The Morgan fingerprint density at radius 2 is 1.76 bits per heavy atom. The standard InChI is InChI=1S/C51H59ClN6O8S2/c1-51(2)17-15-37(45(29-51)35-7-9-38(52)10-8-35)31-56-19-21-57(22-20-56)39-11-14-43(48(26-39)66-40-25-36-16-18-53-49(36)54-30-40)50(59)55-68(63,64)42-27-46(58(60)61)44-24-34(32-65-47(44)28-42)23-33-5-12-41(13-6-33)67(3,4)62/h7-11,14,16,18,25-28,30,33-34,41H,3,5-6,12-13,15,17,19-24,29,31-32H2,1-2,4H3,(H,53,54)(H,55,59)/t33?,34-,41?,67?/m0/s1. The SMILES string of the molecule is C=S(C)(=O)C1CCC(C[C@@H]2COc3cc(S(=O)(=O)NC(=O)c4ccc(N5CCN(CC6=C(c7ccc(Cl)cc7)CC(C)(C)CC6)CC5)cc4Oc4cnc5[nH]ccc5c4)cc([N+](=O)[O-])c3C2)CC1. The molecule has 3 aromatic carbocycles. The average molecular weight is 984 g/mol. The Balaban J connectivity index is 0.919. The quantitative estimate of drug-likeness (QED) is 0.0652. The number of nitro groups is 1. The van der Waals surface area contributed by atoms with Gasteiger partial charge in [0.2, 0.25) is 0 Å². The van der Waals surface area contributed by atoms with Crippen molar-refractivity contribution >= 4 is 70.9 Å². The molecule has 2 fully saturated rings. The Morgan fingerprint density at radius 1 is 1.01 bits per heavy atom. The lowest BCUT2D eigenvalue weighted by molar-refractivity contribution is -0.386. The Labute approximate surface area is 403 Å². The minimum absolute atomic E-state index is 0.00457. The zero-order valence-electron chi connectivity index (χ0n) is 38.8. The molecule has 0 bridgehead atoms. The van der Waals surface area contributed by atoms with Crippen molar-refractivity contribution in [3.8, 4) is 17.2 Å². The Bertz CT molecular complexity index is 2990. The second kappa shape index (κ2) is 19.2. The molecule has 1 amide bonds. The van der Waals surface area contributed by atoms with Gasteiger partial charge in [0.1, 0.15) is 22.9 Å². The van der Waals surface area contributed by atoms with E-state index in [4.69, 9.17) is 21.1 Å². The number of fused-ring (bicyclic) bond motifs is 2. The van der Waals surface area contributed by atoms with Gasteiger partial charge in [0, 0.05) is 84.7 Å². The monoisotopic (exact) mass is 982 g/mol. The van der Waals surface area contributed by atoms with Gasteiger partial charge < -0.3 is 19.4 Å². The normalized spacial score (nSPS) is 21.9. The molecule has 17 heteroatoms. The number of nitrogens with one attached hydrogen (secondary N) is 2. The van der Waals surface area contributed by atoms with Crippen molar-refractivity contribution in [1.82, 2.24) is 19.6 Å². The molecule has 1 saturated heterocycles. The third-order valence-electron chi connectivity index (χ3n) is 14.4. The van der Waals surface area contributed by atoms with Crippen molar-refractivity contribution in [2.45, 2.75) is 81.8 Å². The first-order chi connectivity index (χ1) is 32.4. The number of ether oxygens (including phenoxy) is 2. The summed E-state index contributed by atoms with van der Waals surface area (Å²) in [6.45, 7) is 8.86. The summed E-state index contributed by atoms with van der Waals surface area (Å²) in [4.78, 5) is 37.7. The average Bonchev–Trinajstić information content (AvgIpc) is 3.77. The van der Waals surface area contributed by atoms with Crippen molar-refractivity contribution in [3.05, 3.63) is 117 Å². The fraction of sp³-hybridized carbons (Fsp3) is 0.431. The number of aromatic nitrogens is 2. The summed E-state index contributed by atoms with van der Waals surface area (Å²) < 4.78 is 55.1. The van der Waals surface area contributed by atoms with Crippen molar-refractivity contribution in [2.75, 3.05) is 50.5 Å². The number of halogens is 1. The summed E-state index contributed by atoms with van der Waals surface area (Å²) in [6.07, 6.45) is 12.8. The Hall–Kier alpha value is -5.42. The molecule has 5 aromatic rings. The molecule has 4 heterocycles. The summed E-state index contributed by atoms with van der Waals surface area (Å²) in [5.41, 5.74) is 5.66. The van der Waals surface area contributed by atoms with Crippen LogP contribution in [0.5, 0.6) is 17.2 Å². The van der Waals surface area contributed by atoms with Gasteiger partial charge in [0.25, 0.3) is 21.6 Å². The maximum atomic E-state index is 14.1. The van der Waals surface area contributed by atoms with E-state index in [9.17, 15) is 27.5 Å². The van der Waals surface area contributed by atoms with E-state index in [1.807, 2.05) is 18.2 Å². The maximum absolute atomic E-state index is 14.1. The molecular weight excluding hydrogens is 924 g/mol. The number of anilines is 1. The van der Waals surface area contributed by atoms with Gasteiger partial charge in [-0.3, -0.25) is 24.0 Å². The summed E-state index contributed by atoms with van der Waals surface area (Å²) in [7, 11) is -6.76. The molecule has 1 saturated carbocycles. The van der Waals surface area contributed by atoms with Crippen LogP contribution in [0.2, 0.25) is 5.02 Å².